The lowest BCUT2D eigenvalue weighted by atomic mass is 10.0. The van der Waals surface area contributed by atoms with E-state index in [0.717, 1.165) is 43.9 Å². The quantitative estimate of drug-likeness (QED) is 0.827. The van der Waals surface area contributed by atoms with Gasteiger partial charge in [-0.25, -0.2) is 0 Å². The van der Waals surface area contributed by atoms with Gasteiger partial charge in [0.05, 0.1) is 0 Å². The standard InChI is InChI=1S/C17H27N3O2/c1-3-14-11-15(17(22)19(2)7-4-10-21)13-16(12-14)20-8-5-18-6-9-20/h11-13,18,21H,3-10H2,1-2H3. The monoisotopic (exact) mass is 305 g/mol. The van der Waals surface area contributed by atoms with Gasteiger partial charge in [0.25, 0.3) is 5.91 Å². The number of nitrogens with one attached hydrogen (secondary N) is 1. The molecule has 0 aromatic heterocycles. The molecule has 122 valence electrons. The molecule has 1 amide bonds. The summed E-state index contributed by atoms with van der Waals surface area (Å²) in [5, 5.41) is 12.3. The summed E-state index contributed by atoms with van der Waals surface area (Å²) < 4.78 is 0. The third kappa shape index (κ3) is 4.21. The molecule has 5 nitrogen and oxygen atoms in total. The number of aliphatic hydroxyl groups excluding tert-OH is 1. The van der Waals surface area contributed by atoms with Crippen LogP contribution in [-0.2, 0) is 6.42 Å². The highest BCUT2D eigenvalue weighted by Crippen LogP contribution is 2.21. The predicted molar refractivity (Wildman–Crippen MR) is 89.6 cm³/mol. The first kappa shape index (κ1) is 16.8. The predicted octanol–water partition coefficient (Wildman–Crippen LogP) is 1.11. The van der Waals surface area contributed by atoms with Crippen molar-refractivity contribution in [3.05, 3.63) is 29.3 Å². The van der Waals surface area contributed by atoms with Gasteiger partial charge < -0.3 is 20.2 Å². The fourth-order valence-electron chi connectivity index (χ4n) is 2.74. The van der Waals surface area contributed by atoms with E-state index >= 15 is 0 Å². The number of benzene rings is 1. The molecule has 0 atom stereocenters. The number of nitrogens with zero attached hydrogens (tertiary/aromatic N) is 2. The van der Waals surface area contributed by atoms with Crippen molar-refractivity contribution in [3.63, 3.8) is 0 Å². The largest absolute Gasteiger partial charge is 0.396 e. The normalized spacial score (nSPS) is 15.0. The molecule has 1 aliphatic rings. The topological polar surface area (TPSA) is 55.8 Å². The van der Waals surface area contributed by atoms with Gasteiger partial charge in [-0.15, -0.1) is 0 Å². The Labute approximate surface area is 132 Å². The average molecular weight is 305 g/mol. The molecule has 5 heteroatoms. The highest BCUT2D eigenvalue weighted by Gasteiger charge is 2.16. The zero-order valence-corrected chi connectivity index (χ0v) is 13.6. The summed E-state index contributed by atoms with van der Waals surface area (Å²) in [6.45, 7) is 6.71. The average Bonchev–Trinajstić information content (AvgIpc) is 2.59. The number of piperazine rings is 1. The van der Waals surface area contributed by atoms with E-state index in [0.29, 0.717) is 13.0 Å². The Hall–Kier alpha value is -1.59. The van der Waals surface area contributed by atoms with E-state index in [2.05, 4.69) is 23.2 Å². The van der Waals surface area contributed by atoms with Crippen LogP contribution in [0, 0.1) is 0 Å². The minimum absolute atomic E-state index is 0.0279. The number of aryl methyl sites for hydroxylation is 1. The van der Waals surface area contributed by atoms with Crippen LogP contribution in [-0.4, -0.2) is 62.3 Å². The summed E-state index contributed by atoms with van der Waals surface area (Å²) in [6.07, 6.45) is 1.53. The minimum atomic E-state index is 0.0279. The molecule has 0 bridgehead atoms. The second kappa shape index (κ2) is 8.15. The number of amides is 1. The molecule has 0 unspecified atom stereocenters. The molecule has 0 aliphatic carbocycles. The van der Waals surface area contributed by atoms with Gasteiger partial charge in [0.1, 0.15) is 0 Å². The van der Waals surface area contributed by atoms with Crippen molar-refractivity contribution in [1.29, 1.82) is 0 Å². The molecule has 1 fully saturated rings. The van der Waals surface area contributed by atoms with Gasteiger partial charge in [0.2, 0.25) is 0 Å². The number of rotatable bonds is 6. The van der Waals surface area contributed by atoms with Crippen LogP contribution in [0.3, 0.4) is 0 Å². The van der Waals surface area contributed by atoms with Crippen LogP contribution in [0.2, 0.25) is 0 Å². The maximum Gasteiger partial charge on any atom is 0.253 e. The van der Waals surface area contributed by atoms with E-state index in [1.165, 1.54) is 5.56 Å². The molecule has 2 rings (SSSR count). The van der Waals surface area contributed by atoms with Gasteiger partial charge in [-0.1, -0.05) is 6.92 Å². The molecule has 1 saturated heterocycles. The van der Waals surface area contributed by atoms with Crippen LogP contribution >= 0.6 is 0 Å². The van der Waals surface area contributed by atoms with E-state index in [4.69, 9.17) is 5.11 Å². The Morgan fingerprint density at radius 2 is 2.05 bits per heavy atom. The zero-order valence-electron chi connectivity index (χ0n) is 13.6. The molecule has 22 heavy (non-hydrogen) atoms. The molecular weight excluding hydrogens is 278 g/mol. The van der Waals surface area contributed by atoms with E-state index in [9.17, 15) is 4.79 Å². The molecule has 0 radical (unpaired) electrons. The molecule has 1 aliphatic heterocycles. The van der Waals surface area contributed by atoms with Crippen molar-refractivity contribution in [2.75, 3.05) is 51.3 Å². The second-order valence-electron chi connectivity index (χ2n) is 5.78. The molecule has 2 N–H and O–H groups in total. The Morgan fingerprint density at radius 1 is 1.32 bits per heavy atom. The van der Waals surface area contributed by atoms with Crippen LogP contribution in [0.5, 0.6) is 0 Å². The summed E-state index contributed by atoms with van der Waals surface area (Å²) in [6, 6.07) is 6.18. The highest BCUT2D eigenvalue weighted by atomic mass is 16.3. The number of hydrogen-bond acceptors (Lipinski definition) is 4. The Balaban J connectivity index is 2.21. The number of carbonyl (C=O) groups excluding carboxylic acids is 1. The molecule has 0 spiro atoms. The van der Waals surface area contributed by atoms with Crippen LogP contribution < -0.4 is 10.2 Å². The minimum Gasteiger partial charge on any atom is -0.396 e. The van der Waals surface area contributed by atoms with Crippen LogP contribution in [0.1, 0.15) is 29.3 Å². The van der Waals surface area contributed by atoms with Crippen molar-refractivity contribution in [2.45, 2.75) is 19.8 Å². The number of carbonyl (C=O) groups is 1. The number of aliphatic hydroxyl groups is 1. The summed E-state index contributed by atoms with van der Waals surface area (Å²) in [5.74, 6) is 0.0279. The third-order valence-corrected chi connectivity index (χ3v) is 4.11. The van der Waals surface area contributed by atoms with E-state index in [1.807, 2.05) is 12.1 Å². The number of anilines is 1. The Kier molecular flexibility index (Phi) is 6.21. The highest BCUT2D eigenvalue weighted by molar-refractivity contribution is 5.95. The van der Waals surface area contributed by atoms with Gasteiger partial charge in [-0.05, 0) is 36.6 Å². The van der Waals surface area contributed by atoms with Crippen LogP contribution in [0.4, 0.5) is 5.69 Å². The Bertz CT molecular complexity index is 499. The van der Waals surface area contributed by atoms with Crippen molar-refractivity contribution in [1.82, 2.24) is 10.2 Å². The summed E-state index contributed by atoms with van der Waals surface area (Å²) in [4.78, 5) is 16.6. The fraction of sp³-hybridized carbons (Fsp3) is 0.588. The molecule has 1 aromatic rings. The van der Waals surface area contributed by atoms with Crippen molar-refractivity contribution in [2.24, 2.45) is 0 Å². The summed E-state index contributed by atoms with van der Waals surface area (Å²) in [5.41, 5.74) is 3.07. The van der Waals surface area contributed by atoms with Gasteiger partial charge in [0, 0.05) is 57.6 Å². The summed E-state index contributed by atoms with van der Waals surface area (Å²) in [7, 11) is 1.79. The zero-order chi connectivity index (χ0) is 15.9. The maximum absolute atomic E-state index is 12.6. The lowest BCUT2D eigenvalue weighted by molar-refractivity contribution is 0.0786. The van der Waals surface area contributed by atoms with E-state index in [1.54, 1.807) is 11.9 Å². The van der Waals surface area contributed by atoms with Crippen molar-refractivity contribution >= 4 is 11.6 Å². The lowest BCUT2D eigenvalue weighted by Gasteiger charge is -2.30. The third-order valence-electron chi connectivity index (χ3n) is 4.11. The fourth-order valence-corrected chi connectivity index (χ4v) is 2.74. The smallest absolute Gasteiger partial charge is 0.253 e. The first-order valence-electron chi connectivity index (χ1n) is 8.11. The Morgan fingerprint density at radius 3 is 2.68 bits per heavy atom. The molecule has 1 aromatic carbocycles. The lowest BCUT2D eigenvalue weighted by Crippen LogP contribution is -2.43. The maximum atomic E-state index is 12.6. The van der Waals surface area contributed by atoms with Crippen molar-refractivity contribution in [3.8, 4) is 0 Å². The van der Waals surface area contributed by atoms with E-state index < -0.39 is 0 Å². The first-order chi connectivity index (χ1) is 10.7. The van der Waals surface area contributed by atoms with Gasteiger partial charge >= 0.3 is 0 Å². The van der Waals surface area contributed by atoms with Crippen molar-refractivity contribution < 1.29 is 9.90 Å². The van der Waals surface area contributed by atoms with Gasteiger partial charge in [0.15, 0.2) is 0 Å². The SMILES string of the molecule is CCc1cc(C(=O)N(C)CCCO)cc(N2CCNCC2)c1. The van der Waals surface area contributed by atoms with E-state index in [-0.39, 0.29) is 12.5 Å². The van der Waals surface area contributed by atoms with Gasteiger partial charge in [-0.2, -0.15) is 0 Å². The first-order valence-corrected chi connectivity index (χ1v) is 8.11. The molecule has 0 saturated carbocycles. The molecule has 1 heterocycles. The van der Waals surface area contributed by atoms with Crippen LogP contribution in [0.15, 0.2) is 18.2 Å². The second-order valence-corrected chi connectivity index (χ2v) is 5.78. The van der Waals surface area contributed by atoms with Gasteiger partial charge in [-0.3, -0.25) is 4.79 Å². The number of hydrogen-bond donors (Lipinski definition) is 2. The van der Waals surface area contributed by atoms with Crippen LogP contribution in [0.25, 0.3) is 0 Å². The summed E-state index contributed by atoms with van der Waals surface area (Å²) >= 11 is 0. The molecular formula is C17H27N3O2.